The molecule has 1 heterocycles. The SMILES string of the molecule is CCNC(Cc1cccnc1N)c1c(F)cccc1F. The summed E-state index contributed by atoms with van der Waals surface area (Å²) in [5.41, 5.74) is 6.60. The minimum atomic E-state index is -0.557. The van der Waals surface area contributed by atoms with Crippen LogP contribution in [-0.4, -0.2) is 11.5 Å². The molecular formula is C15H17F2N3. The number of nitrogens with one attached hydrogen (secondary N) is 1. The number of nitrogens with two attached hydrogens (primary N) is 1. The van der Waals surface area contributed by atoms with Gasteiger partial charge in [0.1, 0.15) is 17.5 Å². The molecule has 0 aliphatic heterocycles. The van der Waals surface area contributed by atoms with Gasteiger partial charge in [0.05, 0.1) is 0 Å². The van der Waals surface area contributed by atoms with Gasteiger partial charge in [-0.25, -0.2) is 13.8 Å². The molecule has 0 radical (unpaired) electrons. The first-order valence-electron chi connectivity index (χ1n) is 6.50. The van der Waals surface area contributed by atoms with Crippen molar-refractivity contribution in [1.82, 2.24) is 10.3 Å². The average molecular weight is 277 g/mol. The summed E-state index contributed by atoms with van der Waals surface area (Å²) >= 11 is 0. The second-order valence-electron chi connectivity index (χ2n) is 4.50. The Morgan fingerprint density at radius 2 is 1.90 bits per heavy atom. The number of hydrogen-bond acceptors (Lipinski definition) is 3. The van der Waals surface area contributed by atoms with E-state index in [1.165, 1.54) is 18.2 Å². The van der Waals surface area contributed by atoms with E-state index in [4.69, 9.17) is 5.73 Å². The fourth-order valence-electron chi connectivity index (χ4n) is 2.21. The summed E-state index contributed by atoms with van der Waals surface area (Å²) in [5, 5.41) is 3.09. The van der Waals surface area contributed by atoms with Gasteiger partial charge in [-0.3, -0.25) is 0 Å². The fourth-order valence-corrected chi connectivity index (χ4v) is 2.21. The first kappa shape index (κ1) is 14.4. The van der Waals surface area contributed by atoms with Crippen LogP contribution in [0.1, 0.15) is 24.1 Å². The number of anilines is 1. The van der Waals surface area contributed by atoms with Crippen molar-refractivity contribution in [3.05, 3.63) is 59.3 Å². The van der Waals surface area contributed by atoms with Gasteiger partial charge in [0.2, 0.25) is 0 Å². The predicted octanol–water partition coefficient (Wildman–Crippen LogP) is 2.84. The summed E-state index contributed by atoms with van der Waals surface area (Å²) < 4.78 is 27.8. The van der Waals surface area contributed by atoms with Crippen molar-refractivity contribution in [1.29, 1.82) is 0 Å². The van der Waals surface area contributed by atoms with E-state index in [1.54, 1.807) is 12.3 Å². The Hall–Kier alpha value is -2.01. The third-order valence-electron chi connectivity index (χ3n) is 3.15. The molecule has 0 saturated heterocycles. The van der Waals surface area contributed by atoms with Crippen LogP contribution >= 0.6 is 0 Å². The smallest absolute Gasteiger partial charge is 0.130 e. The van der Waals surface area contributed by atoms with Gasteiger partial charge in [-0.15, -0.1) is 0 Å². The minimum absolute atomic E-state index is 0.0394. The highest BCUT2D eigenvalue weighted by Crippen LogP contribution is 2.25. The highest BCUT2D eigenvalue weighted by Gasteiger charge is 2.20. The Balaban J connectivity index is 2.35. The molecule has 106 valence electrons. The van der Waals surface area contributed by atoms with Crippen LogP contribution in [0.3, 0.4) is 0 Å². The van der Waals surface area contributed by atoms with Crippen molar-refractivity contribution in [2.24, 2.45) is 0 Å². The van der Waals surface area contributed by atoms with Crippen molar-refractivity contribution in [3.8, 4) is 0 Å². The van der Waals surface area contributed by atoms with Crippen LogP contribution in [0, 0.1) is 11.6 Å². The highest BCUT2D eigenvalue weighted by atomic mass is 19.1. The second kappa shape index (κ2) is 6.43. The van der Waals surface area contributed by atoms with E-state index in [0.717, 1.165) is 5.56 Å². The first-order valence-corrected chi connectivity index (χ1v) is 6.50. The molecule has 0 aliphatic rings. The zero-order valence-corrected chi connectivity index (χ0v) is 11.2. The summed E-state index contributed by atoms with van der Waals surface area (Å²) in [5.74, 6) is -0.732. The van der Waals surface area contributed by atoms with E-state index in [1.807, 2.05) is 13.0 Å². The maximum absolute atomic E-state index is 13.9. The minimum Gasteiger partial charge on any atom is -0.383 e. The van der Waals surface area contributed by atoms with Gasteiger partial charge in [-0.2, -0.15) is 0 Å². The van der Waals surface area contributed by atoms with Crippen molar-refractivity contribution < 1.29 is 8.78 Å². The topological polar surface area (TPSA) is 50.9 Å². The number of likely N-dealkylation sites (N-methyl/N-ethyl adjacent to an activating group) is 1. The standard InChI is InChI=1S/C15H17F2N3/c1-2-19-13(9-10-5-4-8-20-15(10)18)14-11(16)6-3-7-12(14)17/h3-8,13,19H,2,9H2,1H3,(H2,18,20). The van der Waals surface area contributed by atoms with Crippen LogP contribution < -0.4 is 11.1 Å². The van der Waals surface area contributed by atoms with E-state index in [9.17, 15) is 8.78 Å². The zero-order valence-electron chi connectivity index (χ0n) is 11.2. The van der Waals surface area contributed by atoms with E-state index in [2.05, 4.69) is 10.3 Å². The van der Waals surface area contributed by atoms with E-state index < -0.39 is 17.7 Å². The lowest BCUT2D eigenvalue weighted by atomic mass is 9.98. The molecule has 2 rings (SSSR count). The van der Waals surface area contributed by atoms with Crippen molar-refractivity contribution >= 4 is 5.82 Å². The summed E-state index contributed by atoms with van der Waals surface area (Å²) in [6.45, 7) is 2.48. The van der Waals surface area contributed by atoms with E-state index in [-0.39, 0.29) is 5.56 Å². The number of aromatic nitrogens is 1. The lowest BCUT2D eigenvalue weighted by molar-refractivity contribution is 0.473. The molecule has 5 heteroatoms. The summed E-state index contributed by atoms with van der Waals surface area (Å²) in [6, 6.07) is 6.96. The molecule has 3 nitrogen and oxygen atoms in total. The molecular weight excluding hydrogens is 260 g/mol. The monoisotopic (exact) mass is 277 g/mol. The quantitative estimate of drug-likeness (QED) is 0.883. The van der Waals surface area contributed by atoms with Crippen molar-refractivity contribution in [3.63, 3.8) is 0 Å². The van der Waals surface area contributed by atoms with Gasteiger partial charge in [0.25, 0.3) is 0 Å². The molecule has 20 heavy (non-hydrogen) atoms. The summed E-state index contributed by atoms with van der Waals surface area (Å²) in [4.78, 5) is 3.99. The number of nitrogens with zero attached hydrogens (tertiary/aromatic N) is 1. The molecule has 0 fully saturated rings. The summed E-state index contributed by atoms with van der Waals surface area (Å²) in [6.07, 6.45) is 1.97. The van der Waals surface area contributed by atoms with Crippen molar-refractivity contribution in [2.45, 2.75) is 19.4 Å². The van der Waals surface area contributed by atoms with Crippen molar-refractivity contribution in [2.75, 3.05) is 12.3 Å². The van der Waals surface area contributed by atoms with Crippen LogP contribution in [0.2, 0.25) is 0 Å². The molecule has 2 aromatic rings. The molecule has 3 N–H and O–H groups in total. The predicted molar refractivity (Wildman–Crippen MR) is 75.1 cm³/mol. The van der Waals surface area contributed by atoms with Gasteiger partial charge in [-0.1, -0.05) is 19.1 Å². The summed E-state index contributed by atoms with van der Waals surface area (Å²) in [7, 11) is 0. The third-order valence-corrected chi connectivity index (χ3v) is 3.15. The van der Waals surface area contributed by atoms with Crippen LogP contribution in [-0.2, 0) is 6.42 Å². The first-order chi connectivity index (χ1) is 9.63. The average Bonchev–Trinajstić information content (AvgIpc) is 2.41. The largest absolute Gasteiger partial charge is 0.383 e. The highest BCUT2D eigenvalue weighted by molar-refractivity contribution is 5.40. The van der Waals surface area contributed by atoms with Gasteiger partial charge >= 0.3 is 0 Å². The lowest BCUT2D eigenvalue weighted by Gasteiger charge is -2.20. The molecule has 0 amide bonds. The Morgan fingerprint density at radius 3 is 2.50 bits per heavy atom. The molecule has 1 unspecified atom stereocenters. The fraction of sp³-hybridized carbons (Fsp3) is 0.267. The van der Waals surface area contributed by atoms with E-state index >= 15 is 0 Å². The van der Waals surface area contributed by atoms with E-state index in [0.29, 0.717) is 18.8 Å². The van der Waals surface area contributed by atoms with Gasteiger partial charge in [-0.05, 0) is 36.7 Å². The Morgan fingerprint density at radius 1 is 1.20 bits per heavy atom. The van der Waals surface area contributed by atoms with Gasteiger partial charge in [0, 0.05) is 17.8 Å². The lowest BCUT2D eigenvalue weighted by Crippen LogP contribution is -2.25. The number of benzene rings is 1. The zero-order chi connectivity index (χ0) is 14.5. The number of hydrogen-bond donors (Lipinski definition) is 2. The molecule has 1 aromatic carbocycles. The Kier molecular flexibility index (Phi) is 4.63. The molecule has 0 spiro atoms. The molecule has 0 bridgehead atoms. The third kappa shape index (κ3) is 3.11. The molecule has 0 saturated carbocycles. The number of pyridine rings is 1. The molecule has 1 aromatic heterocycles. The van der Waals surface area contributed by atoms with Crippen LogP contribution in [0.25, 0.3) is 0 Å². The Labute approximate surface area is 116 Å². The van der Waals surface area contributed by atoms with Crippen LogP contribution in [0.5, 0.6) is 0 Å². The molecule has 0 aliphatic carbocycles. The number of rotatable bonds is 5. The maximum Gasteiger partial charge on any atom is 0.130 e. The number of halogens is 2. The van der Waals surface area contributed by atoms with Gasteiger partial charge in [0.15, 0.2) is 0 Å². The second-order valence-corrected chi connectivity index (χ2v) is 4.50. The van der Waals surface area contributed by atoms with Crippen LogP contribution in [0.4, 0.5) is 14.6 Å². The van der Waals surface area contributed by atoms with Gasteiger partial charge < -0.3 is 11.1 Å². The van der Waals surface area contributed by atoms with Crippen LogP contribution in [0.15, 0.2) is 36.5 Å². The molecule has 1 atom stereocenters. The Bertz CT molecular complexity index is 567. The maximum atomic E-state index is 13.9. The normalized spacial score (nSPS) is 12.3. The number of nitrogen functional groups attached to an aromatic ring is 1.